The van der Waals surface area contributed by atoms with E-state index in [4.69, 9.17) is 0 Å². The predicted molar refractivity (Wildman–Crippen MR) is 120 cm³/mol. The van der Waals surface area contributed by atoms with Crippen LogP contribution in [-0.4, -0.2) is 25.7 Å². The van der Waals surface area contributed by atoms with Crippen LogP contribution in [0.3, 0.4) is 0 Å². The van der Waals surface area contributed by atoms with Crippen LogP contribution in [0.1, 0.15) is 5.69 Å². The molecule has 4 rings (SSSR count). The molecular formula is C21H14N6O4S. The molecule has 0 atom stereocenters. The van der Waals surface area contributed by atoms with Gasteiger partial charge >= 0.3 is 0 Å². The zero-order chi connectivity index (χ0) is 22.5. The zero-order valence-electron chi connectivity index (χ0n) is 16.3. The maximum Gasteiger partial charge on any atom is 0.294 e. The summed E-state index contributed by atoms with van der Waals surface area (Å²) in [6.07, 6.45) is 3.18. The van der Waals surface area contributed by atoms with E-state index in [0.717, 1.165) is 0 Å². The molecule has 0 unspecified atom stereocenters. The Morgan fingerprint density at radius 1 is 0.938 bits per heavy atom. The fourth-order valence-corrected chi connectivity index (χ4v) is 3.68. The lowest BCUT2D eigenvalue weighted by atomic mass is 10.1. The quantitative estimate of drug-likeness (QED) is 0.244. The van der Waals surface area contributed by atoms with Crippen molar-refractivity contribution in [1.82, 2.24) is 9.66 Å². The van der Waals surface area contributed by atoms with Gasteiger partial charge in [-0.2, -0.15) is 5.10 Å². The first-order valence-corrected chi connectivity index (χ1v) is 10.1. The standard InChI is InChI=1S/C21H14N6O4S/c28-26(29)17-10-8-15(9-11-17)20-14-32-21(24-18-6-1-2-7-19(18)27(30)31)25(20)23-13-16-5-3-4-12-22-16/h1-14H. The molecule has 158 valence electrons. The molecule has 0 amide bonds. The third-order valence-corrected chi connectivity index (χ3v) is 5.16. The number of hydrogen-bond acceptors (Lipinski definition) is 8. The predicted octanol–water partition coefficient (Wildman–Crippen LogP) is 4.54. The summed E-state index contributed by atoms with van der Waals surface area (Å²) < 4.78 is 1.53. The number of hydrogen-bond donors (Lipinski definition) is 0. The Labute approximate surface area is 184 Å². The van der Waals surface area contributed by atoms with Gasteiger partial charge in [-0.15, -0.1) is 11.3 Å². The van der Waals surface area contributed by atoms with Gasteiger partial charge in [0.25, 0.3) is 11.4 Å². The molecule has 0 bridgehead atoms. The summed E-state index contributed by atoms with van der Waals surface area (Å²) in [4.78, 5) is 30.4. The number of thiazole rings is 1. The summed E-state index contributed by atoms with van der Waals surface area (Å²) in [6.45, 7) is 0. The minimum Gasteiger partial charge on any atom is -0.258 e. The smallest absolute Gasteiger partial charge is 0.258 e. The largest absolute Gasteiger partial charge is 0.294 e. The number of nitro groups is 2. The van der Waals surface area contributed by atoms with Crippen LogP contribution in [-0.2, 0) is 0 Å². The minimum absolute atomic E-state index is 0.0302. The van der Waals surface area contributed by atoms with Crippen LogP contribution in [0.2, 0.25) is 0 Å². The molecule has 0 saturated carbocycles. The van der Waals surface area contributed by atoms with E-state index in [1.165, 1.54) is 34.2 Å². The molecule has 0 radical (unpaired) electrons. The Balaban J connectivity index is 1.87. The van der Waals surface area contributed by atoms with Gasteiger partial charge in [-0.05, 0) is 30.3 Å². The van der Waals surface area contributed by atoms with Crippen LogP contribution in [0.15, 0.2) is 88.4 Å². The molecule has 0 aliphatic carbocycles. The number of pyridine rings is 1. The van der Waals surface area contributed by atoms with E-state index in [0.29, 0.717) is 21.8 Å². The summed E-state index contributed by atoms with van der Waals surface area (Å²) >= 11 is 1.24. The second kappa shape index (κ2) is 9.10. The van der Waals surface area contributed by atoms with Gasteiger partial charge in [-0.25, -0.2) is 9.67 Å². The van der Waals surface area contributed by atoms with Gasteiger partial charge in [0.2, 0.25) is 4.80 Å². The lowest BCUT2D eigenvalue weighted by Crippen LogP contribution is -2.12. The van der Waals surface area contributed by atoms with Crippen molar-refractivity contribution in [2.24, 2.45) is 10.1 Å². The molecule has 2 aromatic carbocycles. The number of rotatable bonds is 6. The molecule has 0 fully saturated rings. The van der Waals surface area contributed by atoms with E-state index < -0.39 is 9.85 Å². The number of non-ortho nitro benzene ring substituents is 1. The third-order valence-electron chi connectivity index (χ3n) is 4.35. The van der Waals surface area contributed by atoms with Crippen molar-refractivity contribution < 1.29 is 9.85 Å². The summed E-state index contributed by atoms with van der Waals surface area (Å²) in [7, 11) is 0. The molecule has 4 aromatic rings. The lowest BCUT2D eigenvalue weighted by Gasteiger charge is -2.04. The summed E-state index contributed by atoms with van der Waals surface area (Å²) in [5.41, 5.74) is 1.94. The van der Waals surface area contributed by atoms with Crippen molar-refractivity contribution in [2.45, 2.75) is 0 Å². The highest BCUT2D eigenvalue weighted by Crippen LogP contribution is 2.27. The van der Waals surface area contributed by atoms with Gasteiger partial charge in [0.1, 0.15) is 5.69 Å². The molecule has 2 aromatic heterocycles. The Morgan fingerprint density at radius 2 is 1.69 bits per heavy atom. The van der Waals surface area contributed by atoms with Crippen LogP contribution >= 0.6 is 11.3 Å². The van der Waals surface area contributed by atoms with Crippen molar-refractivity contribution in [3.05, 3.63) is 109 Å². The summed E-state index contributed by atoms with van der Waals surface area (Å²) in [6, 6.07) is 17.6. The second-order valence-electron chi connectivity index (χ2n) is 6.38. The first kappa shape index (κ1) is 20.8. The molecule has 10 nitrogen and oxygen atoms in total. The van der Waals surface area contributed by atoms with E-state index in [-0.39, 0.29) is 17.1 Å². The molecule has 0 saturated heterocycles. The van der Waals surface area contributed by atoms with E-state index in [1.807, 2.05) is 6.07 Å². The van der Waals surface area contributed by atoms with E-state index in [9.17, 15) is 20.2 Å². The highest BCUT2D eigenvalue weighted by Gasteiger charge is 2.14. The number of aromatic nitrogens is 2. The summed E-state index contributed by atoms with van der Waals surface area (Å²) in [5, 5.41) is 28.6. The lowest BCUT2D eigenvalue weighted by molar-refractivity contribution is -0.384. The fourth-order valence-electron chi connectivity index (χ4n) is 2.83. The van der Waals surface area contributed by atoms with Crippen molar-refractivity contribution in [2.75, 3.05) is 0 Å². The average Bonchev–Trinajstić information content (AvgIpc) is 3.21. The number of nitrogens with zero attached hydrogens (tertiary/aromatic N) is 6. The van der Waals surface area contributed by atoms with Crippen LogP contribution in [0, 0.1) is 20.2 Å². The normalized spacial score (nSPS) is 11.7. The number of nitro benzene ring substituents is 2. The van der Waals surface area contributed by atoms with Crippen molar-refractivity contribution in [3.63, 3.8) is 0 Å². The van der Waals surface area contributed by atoms with Crippen LogP contribution in [0.5, 0.6) is 0 Å². The fraction of sp³-hybridized carbons (Fsp3) is 0. The Morgan fingerprint density at radius 3 is 2.38 bits per heavy atom. The molecule has 0 spiro atoms. The van der Waals surface area contributed by atoms with E-state index >= 15 is 0 Å². The van der Waals surface area contributed by atoms with Gasteiger partial charge in [0.15, 0.2) is 0 Å². The Hall–Kier alpha value is -4.51. The minimum atomic E-state index is -0.495. The highest BCUT2D eigenvalue weighted by molar-refractivity contribution is 7.07. The Bertz CT molecular complexity index is 1380. The first-order chi connectivity index (χ1) is 15.5. The van der Waals surface area contributed by atoms with E-state index in [2.05, 4.69) is 15.1 Å². The number of para-hydroxylation sites is 2. The van der Waals surface area contributed by atoms with Crippen LogP contribution in [0.25, 0.3) is 11.3 Å². The maximum atomic E-state index is 11.4. The molecule has 2 heterocycles. The third kappa shape index (κ3) is 4.47. The monoisotopic (exact) mass is 446 g/mol. The van der Waals surface area contributed by atoms with Crippen LogP contribution < -0.4 is 4.80 Å². The number of benzene rings is 2. The molecule has 0 N–H and O–H groups in total. The van der Waals surface area contributed by atoms with Crippen LogP contribution in [0.4, 0.5) is 17.1 Å². The van der Waals surface area contributed by atoms with Gasteiger partial charge < -0.3 is 0 Å². The zero-order valence-corrected chi connectivity index (χ0v) is 17.1. The molecule has 0 aliphatic heterocycles. The second-order valence-corrected chi connectivity index (χ2v) is 7.21. The molecular weight excluding hydrogens is 432 g/mol. The SMILES string of the molecule is O=[N+]([O-])c1ccc(-c2csc(=Nc3ccccc3[N+](=O)[O-])n2N=Cc2ccccn2)cc1. The first-order valence-electron chi connectivity index (χ1n) is 9.22. The molecule has 32 heavy (non-hydrogen) atoms. The van der Waals surface area contributed by atoms with Gasteiger partial charge in [0, 0.05) is 35.3 Å². The van der Waals surface area contributed by atoms with E-state index in [1.54, 1.807) is 60.3 Å². The highest BCUT2D eigenvalue weighted by atomic mass is 32.1. The maximum absolute atomic E-state index is 11.4. The molecule has 11 heteroatoms. The van der Waals surface area contributed by atoms with Crippen molar-refractivity contribution in [3.8, 4) is 11.3 Å². The summed E-state index contributed by atoms with van der Waals surface area (Å²) in [5.74, 6) is 0. The Kier molecular flexibility index (Phi) is 5.90. The molecule has 0 aliphatic rings. The van der Waals surface area contributed by atoms with Gasteiger partial charge in [0.05, 0.1) is 27.4 Å². The van der Waals surface area contributed by atoms with Crippen molar-refractivity contribution in [1.29, 1.82) is 0 Å². The van der Waals surface area contributed by atoms with Gasteiger partial charge in [-0.3, -0.25) is 25.2 Å². The van der Waals surface area contributed by atoms with Gasteiger partial charge in [-0.1, -0.05) is 18.2 Å². The average molecular weight is 446 g/mol. The van der Waals surface area contributed by atoms with Crippen molar-refractivity contribution >= 4 is 34.6 Å². The topological polar surface area (TPSA) is 129 Å².